The Morgan fingerprint density at radius 3 is 2.54 bits per heavy atom. The molecule has 1 fully saturated rings. The van der Waals surface area contributed by atoms with E-state index in [-0.39, 0.29) is 18.0 Å². The number of aryl methyl sites for hydroxylation is 1. The minimum Gasteiger partial charge on any atom is -0.312 e. The largest absolute Gasteiger partial charge is 0.416 e. The van der Waals surface area contributed by atoms with Gasteiger partial charge in [-0.05, 0) is 48.7 Å². The average molecular weight is 412 g/mol. The van der Waals surface area contributed by atoms with Crippen LogP contribution in [0.5, 0.6) is 0 Å². The summed E-state index contributed by atoms with van der Waals surface area (Å²) in [5, 5.41) is 0. The molecule has 1 amide bonds. The summed E-state index contributed by atoms with van der Waals surface area (Å²) in [6.07, 6.45) is -3.39. The van der Waals surface area contributed by atoms with Crippen molar-refractivity contribution in [1.29, 1.82) is 0 Å². The molecule has 1 N–H and O–H groups in total. The number of rotatable bonds is 5. The summed E-state index contributed by atoms with van der Waals surface area (Å²) in [7, 11) is -4.13. The smallest absolute Gasteiger partial charge is 0.312 e. The number of nitrogens with zero attached hydrogens (tertiary/aromatic N) is 1. The van der Waals surface area contributed by atoms with E-state index in [9.17, 15) is 26.4 Å². The van der Waals surface area contributed by atoms with Gasteiger partial charge in [-0.1, -0.05) is 18.2 Å². The van der Waals surface area contributed by atoms with Crippen molar-refractivity contribution < 1.29 is 26.4 Å². The Labute approximate surface area is 161 Å². The predicted octanol–water partition coefficient (Wildman–Crippen LogP) is 3.62. The molecule has 0 aromatic heterocycles. The standard InChI is InChI=1S/C19H19F3N2O3S/c1-13-7-8-16(11-17(13)19(20,21)22)28(26,27)23-12-14-4-2-5-15(10-14)24-9-3-6-18(24)25/h2,4-5,7-8,10-11,23H,3,6,9,12H2,1H3. The van der Waals surface area contributed by atoms with Gasteiger partial charge in [-0.3, -0.25) is 4.79 Å². The second-order valence-electron chi connectivity index (χ2n) is 6.62. The molecule has 3 rings (SSSR count). The molecule has 150 valence electrons. The summed E-state index contributed by atoms with van der Waals surface area (Å²) in [4.78, 5) is 13.0. The highest BCUT2D eigenvalue weighted by atomic mass is 32.2. The molecule has 0 saturated carbocycles. The van der Waals surface area contributed by atoms with Crippen molar-refractivity contribution in [2.24, 2.45) is 0 Å². The quantitative estimate of drug-likeness (QED) is 0.816. The molecule has 0 spiro atoms. The van der Waals surface area contributed by atoms with E-state index in [1.54, 1.807) is 29.2 Å². The summed E-state index contributed by atoms with van der Waals surface area (Å²) in [6.45, 7) is 1.78. The normalized spacial score (nSPS) is 15.3. The maximum Gasteiger partial charge on any atom is 0.416 e. The van der Waals surface area contributed by atoms with Crippen LogP contribution in [0.1, 0.15) is 29.5 Å². The lowest BCUT2D eigenvalue weighted by Crippen LogP contribution is -2.25. The molecule has 2 aromatic carbocycles. The van der Waals surface area contributed by atoms with Gasteiger partial charge in [-0.2, -0.15) is 13.2 Å². The Morgan fingerprint density at radius 1 is 1.14 bits per heavy atom. The highest BCUT2D eigenvalue weighted by Gasteiger charge is 2.33. The predicted molar refractivity (Wildman–Crippen MR) is 98.2 cm³/mol. The third-order valence-electron chi connectivity index (χ3n) is 4.59. The number of alkyl halides is 3. The number of anilines is 1. The van der Waals surface area contributed by atoms with Crippen molar-refractivity contribution in [2.45, 2.75) is 37.4 Å². The van der Waals surface area contributed by atoms with Crippen LogP contribution in [-0.2, 0) is 27.5 Å². The van der Waals surface area contributed by atoms with E-state index in [1.165, 1.54) is 6.92 Å². The first-order valence-corrected chi connectivity index (χ1v) is 10.1. The second-order valence-corrected chi connectivity index (χ2v) is 8.38. The van der Waals surface area contributed by atoms with Crippen molar-refractivity contribution >= 4 is 21.6 Å². The number of amides is 1. The molecule has 1 aliphatic rings. The van der Waals surface area contributed by atoms with Gasteiger partial charge in [-0.25, -0.2) is 13.1 Å². The number of nitrogens with one attached hydrogen (secondary N) is 1. The zero-order valence-electron chi connectivity index (χ0n) is 15.1. The van der Waals surface area contributed by atoms with Gasteiger partial charge in [0.15, 0.2) is 0 Å². The van der Waals surface area contributed by atoms with Crippen LogP contribution in [0.2, 0.25) is 0 Å². The number of halogens is 3. The van der Waals surface area contributed by atoms with Gasteiger partial charge in [0.05, 0.1) is 10.5 Å². The summed E-state index contributed by atoms with van der Waals surface area (Å²) in [6, 6.07) is 9.76. The second kappa shape index (κ2) is 7.56. The molecule has 5 nitrogen and oxygen atoms in total. The summed E-state index contributed by atoms with van der Waals surface area (Å²) in [5.41, 5.74) is 0.247. The van der Waals surface area contributed by atoms with E-state index in [1.807, 2.05) is 0 Å². The highest BCUT2D eigenvalue weighted by molar-refractivity contribution is 7.89. The molecule has 0 atom stereocenters. The third kappa shape index (κ3) is 4.36. The van der Waals surface area contributed by atoms with Crippen LogP contribution in [0.25, 0.3) is 0 Å². The molecular weight excluding hydrogens is 393 g/mol. The van der Waals surface area contributed by atoms with E-state index < -0.39 is 26.7 Å². The van der Waals surface area contributed by atoms with Gasteiger partial charge in [0.25, 0.3) is 0 Å². The molecule has 0 radical (unpaired) electrons. The number of benzene rings is 2. The molecule has 28 heavy (non-hydrogen) atoms. The minimum absolute atomic E-state index is 0.0112. The topological polar surface area (TPSA) is 66.5 Å². The van der Waals surface area contributed by atoms with E-state index in [0.29, 0.717) is 30.3 Å². The van der Waals surface area contributed by atoms with Crippen LogP contribution < -0.4 is 9.62 Å². The minimum atomic E-state index is -4.63. The lowest BCUT2D eigenvalue weighted by molar-refractivity contribution is -0.138. The van der Waals surface area contributed by atoms with Crippen molar-refractivity contribution in [3.8, 4) is 0 Å². The van der Waals surface area contributed by atoms with Crippen molar-refractivity contribution in [3.63, 3.8) is 0 Å². The first-order chi connectivity index (χ1) is 13.1. The molecule has 0 unspecified atom stereocenters. The number of carbonyl (C=O) groups excluding carboxylic acids is 1. The SMILES string of the molecule is Cc1ccc(S(=O)(=O)NCc2cccc(N3CCCC3=O)c2)cc1C(F)(F)F. The Bertz CT molecular complexity index is 1000. The Kier molecular flexibility index (Phi) is 5.49. The number of carbonyl (C=O) groups is 1. The molecule has 2 aromatic rings. The summed E-state index contributed by atoms with van der Waals surface area (Å²) < 4.78 is 66.3. The van der Waals surface area contributed by atoms with Crippen LogP contribution in [0.15, 0.2) is 47.4 Å². The summed E-state index contributed by atoms with van der Waals surface area (Å²) >= 11 is 0. The zero-order chi connectivity index (χ0) is 20.5. The van der Waals surface area contributed by atoms with Gasteiger partial charge in [0.2, 0.25) is 15.9 Å². The number of hydrogen-bond donors (Lipinski definition) is 1. The fraction of sp³-hybridized carbons (Fsp3) is 0.316. The Hall–Kier alpha value is -2.39. The summed E-state index contributed by atoms with van der Waals surface area (Å²) in [5.74, 6) is 0.0112. The monoisotopic (exact) mass is 412 g/mol. The molecule has 1 heterocycles. The van der Waals surface area contributed by atoms with Gasteiger partial charge in [0.1, 0.15) is 0 Å². The van der Waals surface area contributed by atoms with Crippen LogP contribution in [-0.4, -0.2) is 20.9 Å². The van der Waals surface area contributed by atoms with Gasteiger partial charge < -0.3 is 4.90 Å². The Morgan fingerprint density at radius 2 is 1.89 bits per heavy atom. The fourth-order valence-corrected chi connectivity index (χ4v) is 4.13. The molecule has 9 heteroatoms. The first kappa shape index (κ1) is 20.3. The number of sulfonamides is 1. The van der Waals surface area contributed by atoms with Crippen LogP contribution in [0.3, 0.4) is 0 Å². The molecule has 0 bridgehead atoms. The third-order valence-corrected chi connectivity index (χ3v) is 5.99. The van der Waals surface area contributed by atoms with Crippen LogP contribution >= 0.6 is 0 Å². The van der Waals surface area contributed by atoms with Crippen LogP contribution in [0.4, 0.5) is 18.9 Å². The van der Waals surface area contributed by atoms with E-state index in [2.05, 4.69) is 4.72 Å². The van der Waals surface area contributed by atoms with E-state index in [4.69, 9.17) is 0 Å². The first-order valence-electron chi connectivity index (χ1n) is 8.65. The maximum atomic E-state index is 13.0. The lowest BCUT2D eigenvalue weighted by atomic mass is 10.1. The fourth-order valence-electron chi connectivity index (χ4n) is 3.09. The Balaban J connectivity index is 1.78. The zero-order valence-corrected chi connectivity index (χ0v) is 15.9. The van der Waals surface area contributed by atoms with E-state index in [0.717, 1.165) is 18.6 Å². The van der Waals surface area contributed by atoms with Crippen molar-refractivity contribution in [1.82, 2.24) is 4.72 Å². The molecule has 1 saturated heterocycles. The van der Waals surface area contributed by atoms with Gasteiger partial charge >= 0.3 is 6.18 Å². The van der Waals surface area contributed by atoms with E-state index >= 15 is 0 Å². The molecule has 1 aliphatic heterocycles. The molecule has 0 aliphatic carbocycles. The van der Waals surface area contributed by atoms with Crippen molar-refractivity contribution in [3.05, 3.63) is 59.2 Å². The maximum absolute atomic E-state index is 13.0. The highest BCUT2D eigenvalue weighted by Crippen LogP contribution is 2.33. The van der Waals surface area contributed by atoms with Crippen LogP contribution in [0, 0.1) is 6.92 Å². The van der Waals surface area contributed by atoms with Gasteiger partial charge in [-0.15, -0.1) is 0 Å². The average Bonchev–Trinajstić information content (AvgIpc) is 3.05. The molecular formula is C19H19F3N2O3S. The van der Waals surface area contributed by atoms with Gasteiger partial charge in [0, 0.05) is 25.2 Å². The number of hydrogen-bond acceptors (Lipinski definition) is 3. The lowest BCUT2D eigenvalue weighted by Gasteiger charge is -2.17. The van der Waals surface area contributed by atoms with Crippen molar-refractivity contribution in [2.75, 3.05) is 11.4 Å².